The Labute approximate surface area is 95.2 Å². The van der Waals surface area contributed by atoms with E-state index in [0.717, 1.165) is 24.1 Å². The first kappa shape index (κ1) is 8.88. The van der Waals surface area contributed by atoms with Crippen LogP contribution in [-0.4, -0.2) is 25.3 Å². The Balaban J connectivity index is 1.62. The van der Waals surface area contributed by atoms with E-state index >= 15 is 0 Å². The second-order valence-corrected chi connectivity index (χ2v) is 5.19. The van der Waals surface area contributed by atoms with Crippen LogP contribution in [-0.2, 0) is 4.74 Å². The molecule has 84 valence electrons. The van der Waals surface area contributed by atoms with E-state index < -0.39 is 0 Å². The van der Waals surface area contributed by atoms with Crippen molar-refractivity contribution in [1.29, 1.82) is 0 Å². The van der Waals surface area contributed by atoms with E-state index in [0.29, 0.717) is 12.1 Å². The molecule has 0 spiro atoms. The molecule has 0 radical (unpaired) electrons. The van der Waals surface area contributed by atoms with Crippen molar-refractivity contribution in [2.45, 2.75) is 18.6 Å². The van der Waals surface area contributed by atoms with Gasteiger partial charge >= 0.3 is 0 Å². The molecule has 4 atom stereocenters. The van der Waals surface area contributed by atoms with Crippen LogP contribution >= 0.6 is 0 Å². The van der Waals surface area contributed by atoms with Crippen molar-refractivity contribution in [3.8, 4) is 0 Å². The van der Waals surface area contributed by atoms with Crippen molar-refractivity contribution in [3.63, 3.8) is 0 Å². The van der Waals surface area contributed by atoms with Crippen LogP contribution in [0, 0.1) is 11.8 Å². The zero-order valence-electron chi connectivity index (χ0n) is 9.17. The quantitative estimate of drug-likeness (QED) is 0.723. The molecular weight excluding hydrogens is 200 g/mol. The molecule has 2 saturated heterocycles. The number of anilines is 2. The minimum absolute atomic E-state index is 0.519. The summed E-state index contributed by atoms with van der Waals surface area (Å²) in [5.74, 6) is 1.75. The van der Waals surface area contributed by atoms with Gasteiger partial charge in [0, 0.05) is 23.8 Å². The summed E-state index contributed by atoms with van der Waals surface area (Å²) >= 11 is 0. The van der Waals surface area contributed by atoms with Crippen molar-refractivity contribution in [2.75, 3.05) is 23.8 Å². The van der Waals surface area contributed by atoms with Gasteiger partial charge in [0.15, 0.2) is 0 Å². The lowest BCUT2D eigenvalue weighted by Gasteiger charge is -2.57. The number of fused-ring (bicyclic) bond motifs is 4. The number of nitrogens with zero attached hydrogens (tertiary/aromatic N) is 1. The highest BCUT2D eigenvalue weighted by atomic mass is 16.5. The molecule has 4 rings (SSSR count). The third kappa shape index (κ3) is 0.969. The summed E-state index contributed by atoms with van der Waals surface area (Å²) in [6.45, 7) is 2.18. The number of nitrogen functional groups attached to an aromatic ring is 1. The molecule has 3 nitrogen and oxygen atoms in total. The molecule has 3 aliphatic rings. The summed E-state index contributed by atoms with van der Waals surface area (Å²) in [6.07, 6.45) is 1.85. The van der Waals surface area contributed by atoms with Gasteiger partial charge in [-0.15, -0.1) is 0 Å². The Kier molecular flexibility index (Phi) is 1.62. The average Bonchev–Trinajstić information content (AvgIpc) is 2.60. The maximum atomic E-state index is 5.72. The zero-order valence-corrected chi connectivity index (χ0v) is 9.17. The molecule has 1 aromatic carbocycles. The summed E-state index contributed by atoms with van der Waals surface area (Å²) in [7, 11) is 0. The van der Waals surface area contributed by atoms with Crippen molar-refractivity contribution >= 4 is 11.4 Å². The van der Waals surface area contributed by atoms with Crippen molar-refractivity contribution in [2.24, 2.45) is 11.8 Å². The standard InChI is InChI=1S/C13H16N2O/c14-8-1-3-9(4-2-8)15-6-5-10-11-7-16-13(11)12(10)15/h1-4,10-13H,5-7,14H2/t10-,11?,12?,13?/m1/s1. The van der Waals surface area contributed by atoms with E-state index in [1.807, 2.05) is 12.1 Å². The third-order valence-corrected chi connectivity index (χ3v) is 4.52. The fourth-order valence-corrected chi connectivity index (χ4v) is 3.59. The summed E-state index contributed by atoms with van der Waals surface area (Å²) < 4.78 is 5.65. The van der Waals surface area contributed by atoms with Crippen molar-refractivity contribution < 1.29 is 4.74 Å². The molecular formula is C13H16N2O. The molecule has 1 aliphatic carbocycles. The number of ether oxygens (including phenoxy) is 1. The molecule has 3 fully saturated rings. The minimum atomic E-state index is 0.519. The molecule has 2 heterocycles. The van der Waals surface area contributed by atoms with E-state index in [9.17, 15) is 0 Å². The number of nitrogens with two attached hydrogens (primary N) is 1. The van der Waals surface area contributed by atoms with Gasteiger partial charge in [-0.25, -0.2) is 0 Å². The first-order valence-electron chi connectivity index (χ1n) is 6.08. The normalized spacial score (nSPS) is 39.6. The largest absolute Gasteiger partial charge is 0.399 e. The zero-order chi connectivity index (χ0) is 10.7. The molecule has 3 heteroatoms. The first-order chi connectivity index (χ1) is 7.84. The van der Waals surface area contributed by atoms with Gasteiger partial charge in [0.1, 0.15) is 0 Å². The Hall–Kier alpha value is -1.22. The van der Waals surface area contributed by atoms with Gasteiger partial charge in [0.25, 0.3) is 0 Å². The lowest BCUT2D eigenvalue weighted by Crippen LogP contribution is -2.67. The molecule has 0 amide bonds. The van der Waals surface area contributed by atoms with E-state index in [-0.39, 0.29) is 0 Å². The van der Waals surface area contributed by atoms with Gasteiger partial charge in [0.05, 0.1) is 18.8 Å². The topological polar surface area (TPSA) is 38.5 Å². The number of hydrogen-bond acceptors (Lipinski definition) is 3. The third-order valence-electron chi connectivity index (χ3n) is 4.52. The Morgan fingerprint density at radius 3 is 2.69 bits per heavy atom. The summed E-state index contributed by atoms with van der Waals surface area (Å²) in [4.78, 5) is 2.50. The smallest absolute Gasteiger partial charge is 0.0834 e. The molecule has 0 aromatic heterocycles. The Morgan fingerprint density at radius 2 is 2.00 bits per heavy atom. The maximum Gasteiger partial charge on any atom is 0.0834 e. The molecule has 16 heavy (non-hydrogen) atoms. The highest BCUT2D eigenvalue weighted by Crippen LogP contribution is 2.53. The van der Waals surface area contributed by atoms with Gasteiger partial charge in [-0.1, -0.05) is 0 Å². The maximum absolute atomic E-state index is 5.72. The van der Waals surface area contributed by atoms with Crippen molar-refractivity contribution in [3.05, 3.63) is 24.3 Å². The molecule has 1 aromatic rings. The lowest BCUT2D eigenvalue weighted by atomic mass is 9.64. The van der Waals surface area contributed by atoms with Crippen LogP contribution in [0.1, 0.15) is 6.42 Å². The van der Waals surface area contributed by atoms with Crippen LogP contribution in [0.5, 0.6) is 0 Å². The fraction of sp³-hybridized carbons (Fsp3) is 0.538. The van der Waals surface area contributed by atoms with E-state index in [1.165, 1.54) is 18.7 Å². The Bertz CT molecular complexity index is 416. The molecule has 3 unspecified atom stereocenters. The second kappa shape index (κ2) is 2.92. The summed E-state index contributed by atoms with van der Waals surface area (Å²) in [5.41, 5.74) is 7.86. The van der Waals surface area contributed by atoms with Gasteiger partial charge in [0.2, 0.25) is 0 Å². The van der Waals surface area contributed by atoms with Crippen molar-refractivity contribution in [1.82, 2.24) is 0 Å². The Morgan fingerprint density at radius 1 is 1.19 bits per heavy atom. The predicted molar refractivity (Wildman–Crippen MR) is 63.3 cm³/mol. The van der Waals surface area contributed by atoms with E-state index in [2.05, 4.69) is 17.0 Å². The van der Waals surface area contributed by atoms with Gasteiger partial charge in [-0.2, -0.15) is 0 Å². The average molecular weight is 216 g/mol. The van der Waals surface area contributed by atoms with Gasteiger partial charge in [-0.05, 0) is 36.6 Å². The molecule has 2 aliphatic heterocycles. The minimum Gasteiger partial charge on any atom is -0.399 e. The highest BCUT2D eigenvalue weighted by Gasteiger charge is 2.61. The van der Waals surface area contributed by atoms with Crippen LogP contribution in [0.25, 0.3) is 0 Å². The van der Waals surface area contributed by atoms with Crippen LogP contribution in [0.2, 0.25) is 0 Å². The lowest BCUT2D eigenvalue weighted by molar-refractivity contribution is -0.215. The van der Waals surface area contributed by atoms with Crippen LogP contribution in [0.4, 0.5) is 11.4 Å². The molecule has 1 saturated carbocycles. The fourth-order valence-electron chi connectivity index (χ4n) is 3.59. The first-order valence-corrected chi connectivity index (χ1v) is 6.08. The summed E-state index contributed by atoms with van der Waals surface area (Å²) in [6, 6.07) is 8.87. The SMILES string of the molecule is Nc1ccc(N2CC[C@@H]3C4COC4C32)cc1. The molecule has 0 bridgehead atoms. The van der Waals surface area contributed by atoms with E-state index in [1.54, 1.807) is 0 Å². The monoisotopic (exact) mass is 216 g/mol. The van der Waals surface area contributed by atoms with Crippen LogP contribution in [0.3, 0.4) is 0 Å². The molecule has 2 N–H and O–H groups in total. The number of hydrogen-bond donors (Lipinski definition) is 1. The van der Waals surface area contributed by atoms with E-state index in [4.69, 9.17) is 10.5 Å². The van der Waals surface area contributed by atoms with Crippen LogP contribution < -0.4 is 10.6 Å². The van der Waals surface area contributed by atoms with Gasteiger partial charge in [-0.3, -0.25) is 0 Å². The highest BCUT2D eigenvalue weighted by molar-refractivity contribution is 5.55. The number of benzene rings is 1. The second-order valence-electron chi connectivity index (χ2n) is 5.19. The van der Waals surface area contributed by atoms with Gasteiger partial charge < -0.3 is 15.4 Å². The number of rotatable bonds is 1. The predicted octanol–water partition coefficient (Wildman–Crippen LogP) is 1.49. The summed E-state index contributed by atoms with van der Waals surface area (Å²) in [5, 5.41) is 0. The van der Waals surface area contributed by atoms with Crippen LogP contribution in [0.15, 0.2) is 24.3 Å².